The van der Waals surface area contributed by atoms with Crippen molar-refractivity contribution in [2.75, 3.05) is 33.4 Å². The minimum Gasteiger partial charge on any atom is -0.383 e. The summed E-state index contributed by atoms with van der Waals surface area (Å²) >= 11 is 0. The minimum atomic E-state index is -0.101. The maximum Gasteiger partial charge on any atom is 0.271 e. The van der Waals surface area contributed by atoms with Crippen molar-refractivity contribution in [1.29, 1.82) is 0 Å². The van der Waals surface area contributed by atoms with Gasteiger partial charge in [0.25, 0.3) is 5.91 Å². The molecule has 1 aromatic rings. The van der Waals surface area contributed by atoms with Crippen molar-refractivity contribution < 1.29 is 9.53 Å². The first-order valence-corrected chi connectivity index (χ1v) is 6.74. The molecule has 1 fully saturated rings. The molecule has 0 unspecified atom stereocenters. The summed E-state index contributed by atoms with van der Waals surface area (Å²) in [6.45, 7) is 2.80. The van der Waals surface area contributed by atoms with Crippen LogP contribution in [0.5, 0.6) is 0 Å². The Balaban J connectivity index is 1.72. The molecule has 0 aliphatic heterocycles. The quantitative estimate of drug-likeness (QED) is 0.662. The molecule has 2 N–H and O–H groups in total. The molecular formula is C13H22N4O2. The van der Waals surface area contributed by atoms with Gasteiger partial charge in [0.05, 0.1) is 6.61 Å². The first-order chi connectivity index (χ1) is 9.22. The summed E-state index contributed by atoms with van der Waals surface area (Å²) in [5, 5.41) is 10.3. The summed E-state index contributed by atoms with van der Waals surface area (Å²) in [6, 6.07) is 1.91. The number of carbonyl (C=O) groups excluding carboxylic acids is 1. The second-order valence-corrected chi connectivity index (χ2v) is 4.85. The molecule has 0 spiro atoms. The van der Waals surface area contributed by atoms with Gasteiger partial charge in [0, 0.05) is 45.4 Å². The van der Waals surface area contributed by atoms with Gasteiger partial charge in [-0.2, -0.15) is 5.10 Å². The number of hydrogen-bond acceptors (Lipinski definition) is 4. The van der Waals surface area contributed by atoms with Crippen LogP contribution in [0.25, 0.3) is 0 Å². The van der Waals surface area contributed by atoms with E-state index in [-0.39, 0.29) is 5.91 Å². The molecule has 0 atom stereocenters. The van der Waals surface area contributed by atoms with Crippen molar-refractivity contribution in [2.45, 2.75) is 18.8 Å². The smallest absolute Gasteiger partial charge is 0.271 e. The molecule has 1 amide bonds. The van der Waals surface area contributed by atoms with E-state index in [0.29, 0.717) is 24.8 Å². The van der Waals surface area contributed by atoms with Gasteiger partial charge in [-0.1, -0.05) is 0 Å². The standard InChI is InChI=1S/C13H22N4O2/c1-17-12(10-3-4-10)9-11(16-17)13(18)15-6-5-14-7-8-19-2/h9-10,14H,3-8H2,1-2H3,(H,15,18). The molecule has 1 aliphatic carbocycles. The molecule has 6 nitrogen and oxygen atoms in total. The highest BCUT2D eigenvalue weighted by molar-refractivity contribution is 5.92. The molecule has 19 heavy (non-hydrogen) atoms. The van der Waals surface area contributed by atoms with Crippen LogP contribution in [0, 0.1) is 0 Å². The molecule has 1 aliphatic rings. The lowest BCUT2D eigenvalue weighted by atomic mass is 10.2. The number of aromatic nitrogens is 2. The maximum atomic E-state index is 11.9. The number of methoxy groups -OCH3 is 1. The molecule has 6 heteroatoms. The predicted molar refractivity (Wildman–Crippen MR) is 72.3 cm³/mol. The molecule has 1 heterocycles. The Morgan fingerprint density at radius 2 is 2.26 bits per heavy atom. The van der Waals surface area contributed by atoms with E-state index >= 15 is 0 Å². The molecule has 1 aromatic heterocycles. The van der Waals surface area contributed by atoms with Crippen LogP contribution in [-0.2, 0) is 11.8 Å². The van der Waals surface area contributed by atoms with Gasteiger partial charge < -0.3 is 15.4 Å². The molecule has 0 radical (unpaired) electrons. The van der Waals surface area contributed by atoms with Crippen molar-refractivity contribution in [3.05, 3.63) is 17.5 Å². The Labute approximate surface area is 113 Å². The summed E-state index contributed by atoms with van der Waals surface area (Å²) in [6.07, 6.45) is 2.42. The molecule has 1 saturated carbocycles. The fourth-order valence-electron chi connectivity index (χ4n) is 2.01. The Hall–Kier alpha value is -1.40. The fraction of sp³-hybridized carbons (Fsp3) is 0.692. The second-order valence-electron chi connectivity index (χ2n) is 4.85. The van der Waals surface area contributed by atoms with Gasteiger partial charge in [0.15, 0.2) is 0 Å². The largest absolute Gasteiger partial charge is 0.383 e. The highest BCUT2D eigenvalue weighted by atomic mass is 16.5. The minimum absolute atomic E-state index is 0.101. The monoisotopic (exact) mass is 266 g/mol. The van der Waals surface area contributed by atoms with Crippen LogP contribution < -0.4 is 10.6 Å². The Morgan fingerprint density at radius 1 is 1.47 bits per heavy atom. The van der Waals surface area contributed by atoms with Crippen LogP contribution >= 0.6 is 0 Å². The van der Waals surface area contributed by atoms with Crippen molar-refractivity contribution >= 4 is 5.91 Å². The van der Waals surface area contributed by atoms with E-state index in [2.05, 4.69) is 15.7 Å². The Bertz CT molecular complexity index is 426. The number of amides is 1. The average Bonchev–Trinajstić information content (AvgIpc) is 3.16. The molecule has 0 saturated heterocycles. The summed E-state index contributed by atoms with van der Waals surface area (Å²) < 4.78 is 6.74. The number of ether oxygens (including phenoxy) is 1. The van der Waals surface area contributed by atoms with Gasteiger partial charge in [-0.05, 0) is 18.9 Å². The lowest BCUT2D eigenvalue weighted by Crippen LogP contribution is -2.33. The zero-order valence-electron chi connectivity index (χ0n) is 11.6. The summed E-state index contributed by atoms with van der Waals surface area (Å²) in [7, 11) is 3.57. The number of rotatable bonds is 8. The van der Waals surface area contributed by atoms with Crippen LogP contribution in [0.3, 0.4) is 0 Å². The van der Waals surface area contributed by atoms with Gasteiger partial charge in [0.1, 0.15) is 5.69 Å². The van der Waals surface area contributed by atoms with E-state index in [4.69, 9.17) is 4.74 Å². The van der Waals surface area contributed by atoms with Gasteiger partial charge in [-0.3, -0.25) is 9.48 Å². The zero-order valence-corrected chi connectivity index (χ0v) is 11.6. The third-order valence-corrected chi connectivity index (χ3v) is 3.21. The van der Waals surface area contributed by atoms with Gasteiger partial charge >= 0.3 is 0 Å². The fourth-order valence-corrected chi connectivity index (χ4v) is 2.01. The van der Waals surface area contributed by atoms with E-state index in [1.165, 1.54) is 18.5 Å². The third kappa shape index (κ3) is 4.04. The lowest BCUT2D eigenvalue weighted by molar-refractivity contribution is 0.0948. The van der Waals surface area contributed by atoms with Gasteiger partial charge in [-0.25, -0.2) is 0 Å². The summed E-state index contributed by atoms with van der Waals surface area (Å²) in [5.74, 6) is 0.505. The summed E-state index contributed by atoms with van der Waals surface area (Å²) in [4.78, 5) is 11.9. The number of nitrogens with one attached hydrogen (secondary N) is 2. The van der Waals surface area contributed by atoms with Crippen LogP contribution in [0.1, 0.15) is 34.9 Å². The van der Waals surface area contributed by atoms with E-state index in [0.717, 1.165) is 13.1 Å². The van der Waals surface area contributed by atoms with Crippen molar-refractivity contribution in [2.24, 2.45) is 7.05 Å². The lowest BCUT2D eigenvalue weighted by Gasteiger charge is -2.04. The van der Waals surface area contributed by atoms with Crippen molar-refractivity contribution in [3.63, 3.8) is 0 Å². The normalized spacial score (nSPS) is 14.6. The number of hydrogen-bond donors (Lipinski definition) is 2. The van der Waals surface area contributed by atoms with Crippen LogP contribution in [0.2, 0.25) is 0 Å². The van der Waals surface area contributed by atoms with Crippen LogP contribution in [0.4, 0.5) is 0 Å². The Morgan fingerprint density at radius 3 is 2.95 bits per heavy atom. The van der Waals surface area contributed by atoms with Crippen LogP contribution in [0.15, 0.2) is 6.07 Å². The van der Waals surface area contributed by atoms with Crippen molar-refractivity contribution in [3.8, 4) is 0 Å². The van der Waals surface area contributed by atoms with Crippen LogP contribution in [-0.4, -0.2) is 49.0 Å². The average molecular weight is 266 g/mol. The molecule has 106 valence electrons. The molecular weight excluding hydrogens is 244 g/mol. The highest BCUT2D eigenvalue weighted by Crippen LogP contribution is 2.39. The van der Waals surface area contributed by atoms with Gasteiger partial charge in [0.2, 0.25) is 0 Å². The summed E-state index contributed by atoms with van der Waals surface area (Å²) in [5.41, 5.74) is 1.68. The van der Waals surface area contributed by atoms with E-state index < -0.39 is 0 Å². The molecule has 0 aromatic carbocycles. The number of nitrogens with zero attached hydrogens (tertiary/aromatic N) is 2. The van der Waals surface area contributed by atoms with E-state index in [1.54, 1.807) is 7.11 Å². The first-order valence-electron chi connectivity index (χ1n) is 6.74. The number of aryl methyl sites for hydroxylation is 1. The highest BCUT2D eigenvalue weighted by Gasteiger charge is 2.28. The predicted octanol–water partition coefficient (Wildman–Crippen LogP) is 0.263. The molecule has 0 bridgehead atoms. The SMILES string of the molecule is COCCNCCNC(=O)c1cc(C2CC2)n(C)n1. The van der Waals surface area contributed by atoms with E-state index in [1.807, 2.05) is 17.8 Å². The first kappa shape index (κ1) is 14.0. The molecule has 2 rings (SSSR count). The van der Waals surface area contributed by atoms with Gasteiger partial charge in [-0.15, -0.1) is 0 Å². The van der Waals surface area contributed by atoms with E-state index in [9.17, 15) is 4.79 Å². The Kier molecular flexibility index (Phi) is 4.93. The topological polar surface area (TPSA) is 68.2 Å². The van der Waals surface area contributed by atoms with Crippen molar-refractivity contribution in [1.82, 2.24) is 20.4 Å². The zero-order chi connectivity index (χ0) is 13.7. The third-order valence-electron chi connectivity index (χ3n) is 3.21. The maximum absolute atomic E-state index is 11.9. The number of carbonyl (C=O) groups is 1. The second kappa shape index (κ2) is 6.68.